The highest BCUT2D eigenvalue weighted by Gasteiger charge is 2.68. The highest BCUT2D eigenvalue weighted by atomic mass is 16.5. The lowest BCUT2D eigenvalue weighted by Gasteiger charge is -2.36. The van der Waals surface area contributed by atoms with E-state index in [-0.39, 0.29) is 62.8 Å². The quantitative estimate of drug-likeness (QED) is 0.0212. The summed E-state index contributed by atoms with van der Waals surface area (Å²) in [5.74, 6) is -7.83. The van der Waals surface area contributed by atoms with Crippen LogP contribution in [0.5, 0.6) is 0 Å². The van der Waals surface area contributed by atoms with Gasteiger partial charge < -0.3 is 19.7 Å². The molecule has 4 aliphatic carbocycles. The maximum atomic E-state index is 14.9. The van der Waals surface area contributed by atoms with Gasteiger partial charge in [0.15, 0.2) is 11.2 Å². The van der Waals surface area contributed by atoms with Crippen molar-refractivity contribution in [3.05, 3.63) is 298 Å². The van der Waals surface area contributed by atoms with Crippen LogP contribution in [0.1, 0.15) is 109 Å². The molecule has 0 spiro atoms. The van der Waals surface area contributed by atoms with Crippen molar-refractivity contribution in [2.75, 3.05) is 26.3 Å². The predicted molar refractivity (Wildman–Crippen MR) is 366 cm³/mol. The Labute approximate surface area is 569 Å². The lowest BCUT2D eigenvalue weighted by Crippen LogP contribution is -2.39. The van der Waals surface area contributed by atoms with Crippen LogP contribution >= 0.6 is 0 Å². The molecule has 2 saturated heterocycles. The average molecular weight is 1310 g/mol. The van der Waals surface area contributed by atoms with Gasteiger partial charge in [0.1, 0.15) is 13.2 Å². The van der Waals surface area contributed by atoms with Crippen LogP contribution in [0.3, 0.4) is 0 Å². The second kappa shape index (κ2) is 28.3. The van der Waals surface area contributed by atoms with E-state index in [1.165, 1.54) is 9.80 Å². The van der Waals surface area contributed by atoms with Crippen LogP contribution in [-0.2, 0) is 49.4 Å². The normalized spacial score (nSPS) is 23.4. The number of nitrogens with zero attached hydrogens (tertiary/aromatic N) is 6. The summed E-state index contributed by atoms with van der Waals surface area (Å²) in [6, 6.07) is 60.4. The standard InChI is InChI=1S/C82H76N6O10/c89-65(97-49-47-87-77(91)71-57-51-59(81(95,55-33-15-9-16-34-55)63-39-23-27-45-85-63)73(75(71)79(87)93)69(57)67(53-29-11-7-12-30-53)61-37-21-25-43-83-61)41-19-5-3-1-2-4-6-20-42-66(90)98-50-48-88-78(92)72-58-52-60(82(96,56-35-17-10-18-36-56)64-40-24-28-46-86-64)74(76(72)80(88)94)70(58)68(54-31-13-8-14-32-54)62-38-22-26-44-84-62/h7-18,21-40,43-46,51-52,57-58,71-76,95-96H,1-6,19-20,41-42,47-50H2/t57-,58+,71-,72+,73+,74-,75-,76+,81?,82?. The van der Waals surface area contributed by atoms with Gasteiger partial charge in [0, 0.05) is 72.4 Å². The molecule has 4 amide bonds. The Bertz CT molecular complexity index is 3940. The minimum absolute atomic E-state index is 0.0832. The highest BCUT2D eigenvalue weighted by Crippen LogP contribution is 2.66. The van der Waals surface area contributed by atoms with Gasteiger partial charge in [-0.3, -0.25) is 58.5 Å². The van der Waals surface area contributed by atoms with Crippen LogP contribution < -0.4 is 0 Å². The van der Waals surface area contributed by atoms with Gasteiger partial charge in [0.05, 0.1) is 59.5 Å². The largest absolute Gasteiger partial charge is 0.464 e. The number of imide groups is 2. The van der Waals surface area contributed by atoms with Crippen LogP contribution in [0.4, 0.5) is 0 Å². The number of likely N-dealkylation sites (tertiary alicyclic amines) is 2. The number of pyridine rings is 4. The molecule has 4 bridgehead atoms. The van der Waals surface area contributed by atoms with Gasteiger partial charge >= 0.3 is 11.9 Å². The van der Waals surface area contributed by atoms with Crippen molar-refractivity contribution < 1.29 is 48.5 Å². The molecular formula is C82H76N6O10. The van der Waals surface area contributed by atoms with Crippen LogP contribution in [0, 0.1) is 47.3 Å². The Kier molecular flexibility index (Phi) is 18.8. The third kappa shape index (κ3) is 11.9. The van der Waals surface area contributed by atoms with Crippen molar-refractivity contribution in [3.8, 4) is 0 Å². The third-order valence-corrected chi connectivity index (χ3v) is 20.7. The molecule has 16 heteroatoms. The topological polar surface area (TPSA) is 219 Å². The number of carbonyl (C=O) groups excluding carboxylic acids is 6. The summed E-state index contributed by atoms with van der Waals surface area (Å²) in [7, 11) is 0. The molecule has 2 N–H and O–H groups in total. The molecule has 10 atom stereocenters. The Hall–Kier alpha value is -10.4. The number of aromatic nitrogens is 4. The van der Waals surface area contributed by atoms with E-state index < -0.39 is 70.5 Å². The molecule has 4 fully saturated rings. The second-order valence-corrected chi connectivity index (χ2v) is 26.2. The van der Waals surface area contributed by atoms with E-state index in [0.717, 1.165) is 71.9 Å². The Balaban J connectivity index is 0.539. The molecule has 16 nitrogen and oxygen atoms in total. The smallest absolute Gasteiger partial charge is 0.305 e. The molecule has 0 radical (unpaired) electrons. The van der Waals surface area contributed by atoms with E-state index in [9.17, 15) is 39.0 Å². The Morgan fingerprint density at radius 1 is 0.388 bits per heavy atom. The van der Waals surface area contributed by atoms with Gasteiger partial charge in [-0.25, -0.2) is 0 Å². The molecule has 8 aromatic rings. The van der Waals surface area contributed by atoms with Gasteiger partial charge in [0.2, 0.25) is 23.6 Å². The fraction of sp³-hybridized carbons (Fsp3) is 0.293. The zero-order chi connectivity index (χ0) is 67.3. The monoisotopic (exact) mass is 1300 g/mol. The first kappa shape index (κ1) is 64.9. The van der Waals surface area contributed by atoms with Crippen molar-refractivity contribution in [2.24, 2.45) is 47.3 Å². The van der Waals surface area contributed by atoms with Gasteiger partial charge in [-0.2, -0.15) is 0 Å². The highest BCUT2D eigenvalue weighted by molar-refractivity contribution is 6.09. The lowest BCUT2D eigenvalue weighted by molar-refractivity contribution is -0.148. The molecule has 2 unspecified atom stereocenters. The third-order valence-electron chi connectivity index (χ3n) is 20.7. The Morgan fingerprint density at radius 2 is 0.714 bits per heavy atom. The first-order valence-electron chi connectivity index (χ1n) is 34.2. The number of esters is 2. The number of unbranched alkanes of at least 4 members (excludes halogenated alkanes) is 7. The maximum Gasteiger partial charge on any atom is 0.305 e. The maximum absolute atomic E-state index is 14.9. The summed E-state index contributed by atoms with van der Waals surface area (Å²) in [5.41, 5.74) is 6.09. The number of amides is 4. The van der Waals surface area contributed by atoms with Crippen molar-refractivity contribution in [3.63, 3.8) is 0 Å². The molecule has 6 heterocycles. The minimum atomic E-state index is -1.75. The fourth-order valence-electron chi connectivity index (χ4n) is 16.5. The van der Waals surface area contributed by atoms with Gasteiger partial charge in [-0.15, -0.1) is 0 Å². The first-order chi connectivity index (χ1) is 48.0. The van der Waals surface area contributed by atoms with Crippen LogP contribution in [0.2, 0.25) is 0 Å². The van der Waals surface area contributed by atoms with Crippen LogP contribution in [0.25, 0.3) is 11.1 Å². The predicted octanol–water partition coefficient (Wildman–Crippen LogP) is 12.0. The van der Waals surface area contributed by atoms with Crippen LogP contribution in [0.15, 0.2) is 253 Å². The van der Waals surface area contributed by atoms with Crippen molar-refractivity contribution in [1.82, 2.24) is 29.7 Å². The zero-order valence-corrected chi connectivity index (χ0v) is 54.3. The number of allylic oxidation sites excluding steroid dienone is 4. The molecule has 6 aliphatic rings. The van der Waals surface area contributed by atoms with E-state index in [1.54, 1.807) is 49.1 Å². The van der Waals surface area contributed by atoms with Crippen molar-refractivity contribution in [2.45, 2.75) is 75.4 Å². The number of rotatable bonds is 27. The minimum Gasteiger partial charge on any atom is -0.464 e. The SMILES string of the molecule is O=C(CCCCCCCCCCC(=O)OCCN1C(=O)[C@H]2[C@H]3C(C(O)(c4ccccc4)c4ccccn4)=C[C@H](C3=C(c3ccccc3)c3ccccn3)[C@H]2C1=O)OCCN1C(=O)[C@@H]2[C@@H]3C(C(O)(c4ccccc4)c4ccccn4)=C[C@@H](C3=C(c3ccccc3)c3ccccn3)[C@@H]2C1=O. The molecule has 2 saturated carbocycles. The average Bonchev–Trinajstić information content (AvgIpc) is 1.53. The number of benzene rings is 4. The molecule has 2 aliphatic heterocycles. The molecule has 98 heavy (non-hydrogen) atoms. The van der Waals surface area contributed by atoms with E-state index in [0.29, 0.717) is 57.9 Å². The first-order valence-corrected chi connectivity index (χ1v) is 34.2. The fourth-order valence-corrected chi connectivity index (χ4v) is 16.5. The molecule has 4 aromatic heterocycles. The lowest BCUT2D eigenvalue weighted by atomic mass is 9.71. The number of fused-ring (bicyclic) bond motifs is 10. The van der Waals surface area contributed by atoms with Gasteiger partial charge in [0.25, 0.3) is 0 Å². The Morgan fingerprint density at radius 3 is 1.06 bits per heavy atom. The van der Waals surface area contributed by atoms with Crippen molar-refractivity contribution in [1.29, 1.82) is 0 Å². The van der Waals surface area contributed by atoms with E-state index >= 15 is 0 Å². The molecule has 494 valence electrons. The number of ether oxygens (including phenoxy) is 2. The number of carbonyl (C=O) groups is 6. The molecular weight excluding hydrogens is 1230 g/mol. The van der Waals surface area contributed by atoms with E-state index in [1.807, 2.05) is 182 Å². The zero-order valence-electron chi connectivity index (χ0n) is 54.3. The van der Waals surface area contributed by atoms with Crippen LogP contribution in [-0.4, -0.2) is 102 Å². The summed E-state index contributed by atoms with van der Waals surface area (Å²) in [4.78, 5) is 107. The van der Waals surface area contributed by atoms with Gasteiger partial charge in [-0.1, -0.05) is 196 Å². The van der Waals surface area contributed by atoms with Gasteiger partial charge in [-0.05, 0) is 106 Å². The second-order valence-electron chi connectivity index (χ2n) is 26.2. The van der Waals surface area contributed by atoms with Crippen molar-refractivity contribution >= 4 is 46.7 Å². The van der Waals surface area contributed by atoms with E-state index in [4.69, 9.17) is 19.4 Å². The summed E-state index contributed by atoms with van der Waals surface area (Å²) >= 11 is 0. The van der Waals surface area contributed by atoms with E-state index in [2.05, 4.69) is 9.97 Å². The summed E-state index contributed by atoms with van der Waals surface area (Å²) in [6.45, 7) is -0.434. The summed E-state index contributed by atoms with van der Waals surface area (Å²) in [5, 5.41) is 26.5. The summed E-state index contributed by atoms with van der Waals surface area (Å²) < 4.78 is 11.3. The number of hydrogen-bond donors (Lipinski definition) is 2. The molecule has 14 rings (SSSR count). The molecule has 4 aromatic carbocycles. The number of aliphatic hydroxyl groups is 2. The summed E-state index contributed by atoms with van der Waals surface area (Å²) in [6.07, 6.45) is 17.7. The number of hydrogen-bond acceptors (Lipinski definition) is 14.